The van der Waals surface area contributed by atoms with E-state index in [1.807, 2.05) is 13.8 Å². The molecule has 1 fully saturated rings. The second kappa shape index (κ2) is 8.65. The zero-order valence-electron chi connectivity index (χ0n) is 12.6. The van der Waals surface area contributed by atoms with E-state index in [0.717, 1.165) is 0 Å². The summed E-state index contributed by atoms with van der Waals surface area (Å²) >= 11 is 0. The van der Waals surface area contributed by atoms with Crippen molar-refractivity contribution in [3.05, 3.63) is 0 Å². The molecule has 0 bridgehead atoms. The molecular weight excluding hydrogens is 301 g/mol. The van der Waals surface area contributed by atoms with Crippen LogP contribution in [-0.2, 0) is 24.5 Å². The zero-order chi connectivity index (χ0) is 15.9. The summed E-state index contributed by atoms with van der Waals surface area (Å²) in [5, 5.41) is 0. The summed E-state index contributed by atoms with van der Waals surface area (Å²) < 4.78 is 44.7. The van der Waals surface area contributed by atoms with Crippen molar-refractivity contribution in [3.63, 3.8) is 0 Å². The average Bonchev–Trinajstić information content (AvgIpc) is 2.67. The van der Waals surface area contributed by atoms with Gasteiger partial charge in [0.15, 0.2) is 6.29 Å². The van der Waals surface area contributed by atoms with Gasteiger partial charge in [-0.05, 0) is 20.3 Å². The highest BCUT2D eigenvalue weighted by atomic mass is 32.3. The number of likely N-dealkylation sites (tertiary alicyclic amines) is 1. The Labute approximate surface area is 125 Å². The standard InChI is InChI=1S/C13H24FNO5S/c1-3-19-13(20-4-2)6-5-7-15-9-11(8-12(15)16)10-21(14,17)18/h11,13H,3-10H2,1-2H3. The molecule has 0 radical (unpaired) electrons. The number of ether oxygens (including phenoxy) is 2. The van der Waals surface area contributed by atoms with E-state index in [1.165, 1.54) is 0 Å². The highest BCUT2D eigenvalue weighted by molar-refractivity contribution is 7.86. The summed E-state index contributed by atoms with van der Waals surface area (Å²) in [6.07, 6.45) is 1.19. The lowest BCUT2D eigenvalue weighted by Crippen LogP contribution is -2.28. The summed E-state index contributed by atoms with van der Waals surface area (Å²) in [7, 11) is -4.52. The molecule has 0 aromatic heterocycles. The van der Waals surface area contributed by atoms with Crippen molar-refractivity contribution < 1.29 is 26.6 Å². The molecular formula is C13H24FNO5S. The van der Waals surface area contributed by atoms with Gasteiger partial charge in [-0.1, -0.05) is 0 Å². The molecule has 0 N–H and O–H groups in total. The highest BCUT2D eigenvalue weighted by Gasteiger charge is 2.32. The predicted octanol–water partition coefficient (Wildman–Crippen LogP) is 1.31. The Morgan fingerprint density at radius 2 is 1.95 bits per heavy atom. The van der Waals surface area contributed by atoms with Crippen molar-refractivity contribution in [1.29, 1.82) is 0 Å². The fraction of sp³-hybridized carbons (Fsp3) is 0.923. The Bertz CT molecular complexity index is 422. The summed E-state index contributed by atoms with van der Waals surface area (Å²) in [4.78, 5) is 13.3. The highest BCUT2D eigenvalue weighted by Crippen LogP contribution is 2.21. The Balaban J connectivity index is 2.33. The second-order valence-corrected chi connectivity index (χ2v) is 6.51. The molecule has 1 atom stereocenters. The van der Waals surface area contributed by atoms with Gasteiger partial charge in [0, 0.05) is 45.1 Å². The van der Waals surface area contributed by atoms with Crippen molar-refractivity contribution in [2.75, 3.05) is 32.1 Å². The maximum Gasteiger partial charge on any atom is 0.302 e. The third kappa shape index (κ3) is 7.19. The van der Waals surface area contributed by atoms with Gasteiger partial charge in [0.1, 0.15) is 0 Å². The molecule has 1 unspecified atom stereocenters. The molecule has 1 rings (SSSR count). The number of hydrogen-bond donors (Lipinski definition) is 0. The van der Waals surface area contributed by atoms with Gasteiger partial charge in [0.05, 0.1) is 5.75 Å². The first kappa shape index (κ1) is 18.3. The molecule has 1 aliphatic rings. The normalized spacial score (nSPS) is 19.7. The van der Waals surface area contributed by atoms with Crippen LogP contribution in [0.25, 0.3) is 0 Å². The van der Waals surface area contributed by atoms with Crippen molar-refractivity contribution in [3.8, 4) is 0 Å². The lowest BCUT2D eigenvalue weighted by Gasteiger charge is -2.20. The molecule has 21 heavy (non-hydrogen) atoms. The van der Waals surface area contributed by atoms with Crippen molar-refractivity contribution >= 4 is 16.1 Å². The molecule has 1 amide bonds. The first-order chi connectivity index (χ1) is 9.85. The summed E-state index contributed by atoms with van der Waals surface area (Å²) in [5.41, 5.74) is 0. The summed E-state index contributed by atoms with van der Waals surface area (Å²) in [5.74, 6) is -1.13. The van der Waals surface area contributed by atoms with Crippen LogP contribution in [0.15, 0.2) is 0 Å². The number of nitrogens with zero attached hydrogens (tertiary/aromatic N) is 1. The van der Waals surface area contributed by atoms with Crippen LogP contribution in [0.3, 0.4) is 0 Å². The van der Waals surface area contributed by atoms with Crippen LogP contribution in [0.2, 0.25) is 0 Å². The Morgan fingerprint density at radius 1 is 1.33 bits per heavy atom. The minimum absolute atomic E-state index is 0.101. The molecule has 1 aliphatic heterocycles. The van der Waals surface area contributed by atoms with E-state index in [2.05, 4.69) is 0 Å². The number of hydrogen-bond acceptors (Lipinski definition) is 5. The van der Waals surface area contributed by atoms with Gasteiger partial charge < -0.3 is 14.4 Å². The first-order valence-corrected chi connectivity index (χ1v) is 8.84. The molecule has 1 heterocycles. The first-order valence-electron chi connectivity index (χ1n) is 7.29. The van der Waals surface area contributed by atoms with Crippen molar-refractivity contribution in [2.45, 2.75) is 39.4 Å². The molecule has 124 valence electrons. The predicted molar refractivity (Wildman–Crippen MR) is 75.9 cm³/mol. The topological polar surface area (TPSA) is 72.9 Å². The quantitative estimate of drug-likeness (QED) is 0.447. The van der Waals surface area contributed by atoms with E-state index in [0.29, 0.717) is 39.1 Å². The number of amides is 1. The number of halogens is 1. The summed E-state index contributed by atoms with van der Waals surface area (Å²) in [6, 6.07) is 0. The van der Waals surface area contributed by atoms with Crippen LogP contribution in [0.5, 0.6) is 0 Å². The number of carbonyl (C=O) groups excluding carboxylic acids is 1. The van der Waals surface area contributed by atoms with Crippen LogP contribution >= 0.6 is 0 Å². The molecule has 0 saturated carbocycles. The maximum absolute atomic E-state index is 12.6. The van der Waals surface area contributed by atoms with Crippen LogP contribution in [0.1, 0.15) is 33.1 Å². The minimum atomic E-state index is -4.52. The van der Waals surface area contributed by atoms with Crippen molar-refractivity contribution in [2.24, 2.45) is 5.92 Å². The molecule has 1 saturated heterocycles. The largest absolute Gasteiger partial charge is 0.353 e. The fourth-order valence-electron chi connectivity index (χ4n) is 2.50. The van der Waals surface area contributed by atoms with Gasteiger partial charge in [-0.2, -0.15) is 8.42 Å². The van der Waals surface area contributed by atoms with E-state index < -0.39 is 21.9 Å². The van der Waals surface area contributed by atoms with Gasteiger partial charge in [-0.3, -0.25) is 4.79 Å². The van der Waals surface area contributed by atoms with E-state index in [1.54, 1.807) is 4.90 Å². The van der Waals surface area contributed by atoms with E-state index in [9.17, 15) is 17.1 Å². The lowest BCUT2D eigenvalue weighted by atomic mass is 10.1. The molecule has 8 heteroatoms. The summed E-state index contributed by atoms with van der Waals surface area (Å²) in [6.45, 7) is 5.71. The fourth-order valence-corrected chi connectivity index (χ4v) is 3.28. The second-order valence-electron chi connectivity index (χ2n) is 5.10. The third-order valence-electron chi connectivity index (χ3n) is 3.30. The Morgan fingerprint density at radius 3 is 2.48 bits per heavy atom. The molecule has 0 aliphatic carbocycles. The van der Waals surface area contributed by atoms with Gasteiger partial charge in [0.25, 0.3) is 0 Å². The van der Waals surface area contributed by atoms with E-state index >= 15 is 0 Å². The molecule has 0 spiro atoms. The Kier molecular flexibility index (Phi) is 7.55. The molecule has 0 aromatic rings. The number of carbonyl (C=O) groups is 1. The lowest BCUT2D eigenvalue weighted by molar-refractivity contribution is -0.141. The van der Waals surface area contributed by atoms with Gasteiger partial charge in [-0.15, -0.1) is 3.89 Å². The van der Waals surface area contributed by atoms with Crippen LogP contribution in [0, 0.1) is 5.92 Å². The van der Waals surface area contributed by atoms with Gasteiger partial charge >= 0.3 is 10.2 Å². The van der Waals surface area contributed by atoms with E-state index in [4.69, 9.17) is 9.47 Å². The number of rotatable bonds is 10. The SMILES string of the molecule is CCOC(CCCN1CC(CS(=O)(=O)F)CC1=O)OCC. The average molecular weight is 325 g/mol. The molecule has 6 nitrogen and oxygen atoms in total. The third-order valence-corrected chi connectivity index (χ3v) is 4.17. The van der Waals surface area contributed by atoms with Gasteiger partial charge in [-0.25, -0.2) is 0 Å². The maximum atomic E-state index is 12.6. The Hall–Kier alpha value is -0.730. The van der Waals surface area contributed by atoms with Gasteiger partial charge in [0.2, 0.25) is 5.91 Å². The van der Waals surface area contributed by atoms with Crippen LogP contribution in [0.4, 0.5) is 3.89 Å². The van der Waals surface area contributed by atoms with Crippen LogP contribution in [-0.4, -0.2) is 57.6 Å². The zero-order valence-corrected chi connectivity index (χ0v) is 13.4. The molecule has 0 aromatic carbocycles. The van der Waals surface area contributed by atoms with Crippen LogP contribution < -0.4 is 0 Å². The van der Waals surface area contributed by atoms with Crippen molar-refractivity contribution in [1.82, 2.24) is 4.90 Å². The minimum Gasteiger partial charge on any atom is -0.353 e. The smallest absolute Gasteiger partial charge is 0.302 e. The monoisotopic (exact) mass is 325 g/mol. The van der Waals surface area contributed by atoms with E-state index in [-0.39, 0.29) is 18.6 Å².